The Hall–Kier alpha value is -0.860. The molecule has 2 heteroatoms. The normalized spacial score (nSPS) is 16.1. The van der Waals surface area contributed by atoms with Gasteiger partial charge in [-0.05, 0) is 51.5 Å². The molecule has 0 aliphatic heterocycles. The molecule has 0 fully saturated rings. The van der Waals surface area contributed by atoms with Crippen molar-refractivity contribution >= 4 is 0 Å². The minimum Gasteiger partial charge on any atom is -0.309 e. The van der Waals surface area contributed by atoms with Gasteiger partial charge in [0, 0.05) is 5.54 Å². The molecule has 2 atom stereocenters. The van der Waals surface area contributed by atoms with E-state index in [0.717, 1.165) is 19.4 Å². The van der Waals surface area contributed by atoms with E-state index >= 15 is 0 Å². The summed E-state index contributed by atoms with van der Waals surface area (Å²) in [6.07, 6.45) is 3.49. The summed E-state index contributed by atoms with van der Waals surface area (Å²) in [6.45, 7) is 10.1. The number of rotatable bonds is 8. The predicted octanol–water partition coefficient (Wildman–Crippen LogP) is 4.02. The van der Waals surface area contributed by atoms with Crippen molar-refractivity contribution in [2.24, 2.45) is 0 Å². The van der Waals surface area contributed by atoms with E-state index in [9.17, 15) is 0 Å². The lowest BCUT2D eigenvalue weighted by Gasteiger charge is -2.43. The van der Waals surface area contributed by atoms with E-state index in [0.29, 0.717) is 6.04 Å². The first-order valence-electron chi connectivity index (χ1n) is 7.99. The Kier molecular flexibility index (Phi) is 6.70. The highest BCUT2D eigenvalue weighted by atomic mass is 15.2. The van der Waals surface area contributed by atoms with E-state index in [2.05, 4.69) is 76.3 Å². The van der Waals surface area contributed by atoms with Gasteiger partial charge < -0.3 is 10.2 Å². The fourth-order valence-corrected chi connectivity index (χ4v) is 2.90. The Morgan fingerprint density at radius 1 is 1.20 bits per heavy atom. The van der Waals surface area contributed by atoms with Gasteiger partial charge >= 0.3 is 0 Å². The quantitative estimate of drug-likeness (QED) is 0.771. The van der Waals surface area contributed by atoms with Gasteiger partial charge in [0.15, 0.2) is 0 Å². The maximum absolute atomic E-state index is 3.70. The van der Waals surface area contributed by atoms with Crippen molar-refractivity contribution in [1.82, 2.24) is 10.2 Å². The second-order valence-corrected chi connectivity index (χ2v) is 6.09. The summed E-state index contributed by atoms with van der Waals surface area (Å²) < 4.78 is 0. The maximum atomic E-state index is 3.70. The SMILES string of the molecule is CCCc1cccc(C(NCC)C(C)(CC)N(C)C)c1. The lowest BCUT2D eigenvalue weighted by Crippen LogP contribution is -2.51. The Morgan fingerprint density at radius 3 is 2.40 bits per heavy atom. The molecular formula is C18H32N2. The summed E-state index contributed by atoms with van der Waals surface area (Å²) in [5.41, 5.74) is 2.99. The summed E-state index contributed by atoms with van der Waals surface area (Å²) >= 11 is 0. The first-order valence-corrected chi connectivity index (χ1v) is 7.99. The summed E-state index contributed by atoms with van der Waals surface area (Å²) in [5, 5.41) is 3.70. The van der Waals surface area contributed by atoms with Crippen LogP contribution in [0.5, 0.6) is 0 Å². The van der Waals surface area contributed by atoms with Crippen LogP contribution < -0.4 is 5.32 Å². The van der Waals surface area contributed by atoms with Crippen molar-refractivity contribution in [3.8, 4) is 0 Å². The maximum Gasteiger partial charge on any atom is 0.0504 e. The van der Waals surface area contributed by atoms with Gasteiger partial charge in [-0.1, -0.05) is 51.5 Å². The molecule has 20 heavy (non-hydrogen) atoms. The zero-order chi connectivity index (χ0) is 15.2. The Labute approximate surface area is 125 Å². The molecule has 0 aliphatic rings. The van der Waals surface area contributed by atoms with Crippen LogP contribution in [0.3, 0.4) is 0 Å². The molecule has 0 spiro atoms. The minimum absolute atomic E-state index is 0.126. The number of hydrogen-bond acceptors (Lipinski definition) is 2. The van der Waals surface area contributed by atoms with Gasteiger partial charge in [0.1, 0.15) is 0 Å². The van der Waals surface area contributed by atoms with Gasteiger partial charge in [-0.2, -0.15) is 0 Å². The third-order valence-electron chi connectivity index (χ3n) is 4.59. The van der Waals surface area contributed by atoms with E-state index in [1.54, 1.807) is 0 Å². The third kappa shape index (κ3) is 3.83. The van der Waals surface area contributed by atoms with Crippen LogP contribution in [0.1, 0.15) is 57.7 Å². The largest absolute Gasteiger partial charge is 0.309 e. The highest BCUT2D eigenvalue weighted by Gasteiger charge is 2.35. The zero-order valence-electron chi connectivity index (χ0n) is 14.2. The number of hydrogen-bond donors (Lipinski definition) is 1. The summed E-state index contributed by atoms with van der Waals surface area (Å²) in [4.78, 5) is 2.35. The summed E-state index contributed by atoms with van der Waals surface area (Å²) in [6, 6.07) is 9.47. The second-order valence-electron chi connectivity index (χ2n) is 6.09. The smallest absolute Gasteiger partial charge is 0.0504 e. The average molecular weight is 276 g/mol. The van der Waals surface area contributed by atoms with Crippen LogP contribution in [0, 0.1) is 0 Å². The fraction of sp³-hybridized carbons (Fsp3) is 0.667. The molecule has 0 saturated carbocycles. The van der Waals surface area contributed by atoms with Crippen LogP contribution in [0.2, 0.25) is 0 Å². The molecule has 0 aliphatic carbocycles. The van der Waals surface area contributed by atoms with Crippen molar-refractivity contribution in [3.05, 3.63) is 35.4 Å². The van der Waals surface area contributed by atoms with Crippen molar-refractivity contribution in [2.75, 3.05) is 20.6 Å². The molecule has 0 amide bonds. The molecule has 2 unspecified atom stereocenters. The standard InChI is InChI=1S/C18H32N2/c1-7-11-15-12-10-13-16(14-15)17(19-9-3)18(4,8-2)20(5)6/h10,12-14,17,19H,7-9,11H2,1-6H3. The monoisotopic (exact) mass is 276 g/mol. The summed E-state index contributed by atoms with van der Waals surface area (Å²) in [5.74, 6) is 0. The van der Waals surface area contributed by atoms with Crippen molar-refractivity contribution in [2.45, 2.75) is 58.5 Å². The van der Waals surface area contributed by atoms with Crippen LogP contribution >= 0.6 is 0 Å². The number of aryl methyl sites for hydroxylation is 1. The lowest BCUT2D eigenvalue weighted by molar-refractivity contribution is 0.113. The predicted molar refractivity (Wildman–Crippen MR) is 89.2 cm³/mol. The molecule has 1 N–H and O–H groups in total. The fourth-order valence-electron chi connectivity index (χ4n) is 2.90. The van der Waals surface area contributed by atoms with Crippen molar-refractivity contribution in [3.63, 3.8) is 0 Å². The van der Waals surface area contributed by atoms with E-state index in [1.807, 2.05) is 0 Å². The van der Waals surface area contributed by atoms with Crippen molar-refractivity contribution in [1.29, 1.82) is 0 Å². The van der Waals surface area contributed by atoms with Gasteiger partial charge in [-0.15, -0.1) is 0 Å². The molecule has 1 rings (SSSR count). The van der Waals surface area contributed by atoms with E-state index in [1.165, 1.54) is 17.5 Å². The van der Waals surface area contributed by atoms with Gasteiger partial charge in [0.25, 0.3) is 0 Å². The molecule has 1 aromatic rings. The molecule has 0 radical (unpaired) electrons. The lowest BCUT2D eigenvalue weighted by atomic mass is 9.82. The minimum atomic E-state index is 0.126. The number of nitrogens with zero attached hydrogens (tertiary/aromatic N) is 1. The summed E-state index contributed by atoms with van der Waals surface area (Å²) in [7, 11) is 4.37. The van der Waals surface area contributed by atoms with E-state index in [-0.39, 0.29) is 5.54 Å². The molecule has 0 aromatic heterocycles. The van der Waals surface area contributed by atoms with Gasteiger partial charge in [-0.3, -0.25) is 0 Å². The molecule has 0 bridgehead atoms. The zero-order valence-corrected chi connectivity index (χ0v) is 14.2. The first kappa shape index (κ1) is 17.2. The molecular weight excluding hydrogens is 244 g/mol. The van der Waals surface area contributed by atoms with Crippen LogP contribution in [0.25, 0.3) is 0 Å². The van der Waals surface area contributed by atoms with Gasteiger partial charge in [0.2, 0.25) is 0 Å². The van der Waals surface area contributed by atoms with Crippen LogP contribution in [0.4, 0.5) is 0 Å². The Morgan fingerprint density at radius 2 is 1.90 bits per heavy atom. The van der Waals surface area contributed by atoms with Crippen molar-refractivity contribution < 1.29 is 0 Å². The van der Waals surface area contributed by atoms with Crippen LogP contribution in [0.15, 0.2) is 24.3 Å². The van der Waals surface area contributed by atoms with Crippen LogP contribution in [-0.2, 0) is 6.42 Å². The Balaban J connectivity index is 3.15. The molecule has 1 aromatic carbocycles. The average Bonchev–Trinajstić information content (AvgIpc) is 2.44. The molecule has 0 saturated heterocycles. The highest BCUT2D eigenvalue weighted by molar-refractivity contribution is 5.29. The third-order valence-corrected chi connectivity index (χ3v) is 4.59. The van der Waals surface area contributed by atoms with E-state index in [4.69, 9.17) is 0 Å². The number of nitrogens with one attached hydrogen (secondary N) is 1. The number of benzene rings is 1. The first-order chi connectivity index (χ1) is 9.49. The van der Waals surface area contributed by atoms with Gasteiger partial charge in [-0.25, -0.2) is 0 Å². The second kappa shape index (κ2) is 7.80. The Bertz CT molecular complexity index is 400. The molecule has 114 valence electrons. The molecule has 2 nitrogen and oxygen atoms in total. The van der Waals surface area contributed by atoms with Crippen LogP contribution in [-0.4, -0.2) is 31.1 Å². The van der Waals surface area contributed by atoms with E-state index < -0.39 is 0 Å². The molecule has 0 heterocycles. The highest BCUT2D eigenvalue weighted by Crippen LogP contribution is 2.33. The number of likely N-dealkylation sites (N-methyl/N-ethyl adjacent to an activating group) is 2. The topological polar surface area (TPSA) is 15.3 Å². The van der Waals surface area contributed by atoms with Gasteiger partial charge in [0.05, 0.1) is 6.04 Å².